The van der Waals surface area contributed by atoms with Crippen LogP contribution in [0.4, 0.5) is 5.69 Å². The number of fused-ring (bicyclic) bond motifs is 1. The molecular formula is C25H35N3O5S. The van der Waals surface area contributed by atoms with Crippen LogP contribution >= 0.6 is 0 Å². The first kappa shape index (κ1) is 25.8. The molecule has 1 amide bonds. The largest absolute Gasteiger partial charge is 0.486 e. The first-order valence-corrected chi connectivity index (χ1v) is 13.4. The number of nitrogens with one attached hydrogen (secondary N) is 2. The molecule has 0 saturated carbocycles. The van der Waals surface area contributed by atoms with Crippen molar-refractivity contribution in [2.75, 3.05) is 44.3 Å². The van der Waals surface area contributed by atoms with E-state index >= 15 is 0 Å². The molecule has 0 atom stereocenters. The summed E-state index contributed by atoms with van der Waals surface area (Å²) in [5.74, 6) is 1.05. The summed E-state index contributed by atoms with van der Waals surface area (Å²) < 4.78 is 38.5. The lowest BCUT2D eigenvalue weighted by Crippen LogP contribution is -2.29. The van der Waals surface area contributed by atoms with Gasteiger partial charge in [0.1, 0.15) is 13.2 Å². The lowest BCUT2D eigenvalue weighted by molar-refractivity contribution is -0.121. The van der Waals surface area contributed by atoms with Crippen molar-refractivity contribution in [1.29, 1.82) is 0 Å². The zero-order valence-corrected chi connectivity index (χ0v) is 20.6. The molecule has 186 valence electrons. The van der Waals surface area contributed by atoms with Gasteiger partial charge in [-0.15, -0.1) is 0 Å². The normalized spacial score (nSPS) is 12.9. The Bertz CT molecular complexity index is 1010. The topological polar surface area (TPSA) is 97.0 Å². The first-order valence-electron chi connectivity index (χ1n) is 12.0. The van der Waals surface area contributed by atoms with Gasteiger partial charge in [-0.2, -0.15) is 0 Å². The monoisotopic (exact) mass is 489 g/mol. The van der Waals surface area contributed by atoms with Crippen LogP contribution in [-0.2, 0) is 14.8 Å². The SMILES string of the molecule is CCN(CCCNC(=O)CCCCCNS(=O)(=O)c1ccc2c(c1)OCCO2)c1ccccc1. The summed E-state index contributed by atoms with van der Waals surface area (Å²) in [6, 6.07) is 14.9. The Labute approximate surface area is 202 Å². The Balaban J connectivity index is 1.26. The Hall–Kier alpha value is -2.78. The van der Waals surface area contributed by atoms with Gasteiger partial charge in [-0.25, -0.2) is 13.1 Å². The third-order valence-corrected chi connectivity index (χ3v) is 7.09. The number of anilines is 1. The molecule has 0 aliphatic carbocycles. The van der Waals surface area contributed by atoms with E-state index in [0.29, 0.717) is 50.6 Å². The van der Waals surface area contributed by atoms with E-state index in [1.165, 1.54) is 17.8 Å². The summed E-state index contributed by atoms with van der Waals surface area (Å²) in [4.78, 5) is 14.5. The van der Waals surface area contributed by atoms with Crippen molar-refractivity contribution in [3.63, 3.8) is 0 Å². The molecule has 1 heterocycles. The number of hydrogen-bond acceptors (Lipinski definition) is 6. The van der Waals surface area contributed by atoms with E-state index < -0.39 is 10.0 Å². The number of carbonyl (C=O) groups excluding carboxylic acids is 1. The number of sulfonamides is 1. The molecular weight excluding hydrogens is 454 g/mol. The fourth-order valence-corrected chi connectivity index (χ4v) is 4.85. The van der Waals surface area contributed by atoms with Gasteiger partial charge in [0.05, 0.1) is 4.90 Å². The van der Waals surface area contributed by atoms with Crippen LogP contribution in [0.5, 0.6) is 11.5 Å². The van der Waals surface area contributed by atoms with Crippen molar-refractivity contribution in [3.05, 3.63) is 48.5 Å². The molecule has 2 aromatic carbocycles. The molecule has 2 N–H and O–H groups in total. The smallest absolute Gasteiger partial charge is 0.240 e. The average Bonchev–Trinajstić information content (AvgIpc) is 2.86. The van der Waals surface area contributed by atoms with E-state index in [1.54, 1.807) is 6.07 Å². The average molecular weight is 490 g/mol. The second kappa shape index (κ2) is 13.2. The minimum Gasteiger partial charge on any atom is -0.486 e. The van der Waals surface area contributed by atoms with Crippen molar-refractivity contribution >= 4 is 21.6 Å². The minimum atomic E-state index is -3.61. The van der Waals surface area contributed by atoms with Gasteiger partial charge in [-0.05, 0) is 50.5 Å². The molecule has 0 radical (unpaired) electrons. The summed E-state index contributed by atoms with van der Waals surface area (Å²) in [7, 11) is -3.61. The first-order chi connectivity index (χ1) is 16.5. The van der Waals surface area contributed by atoms with Crippen LogP contribution in [0.2, 0.25) is 0 Å². The number of hydrogen-bond donors (Lipinski definition) is 2. The summed E-state index contributed by atoms with van der Waals surface area (Å²) in [5, 5.41) is 2.98. The Morgan fingerprint density at radius 1 is 0.941 bits per heavy atom. The van der Waals surface area contributed by atoms with E-state index in [4.69, 9.17) is 9.47 Å². The number of amides is 1. The van der Waals surface area contributed by atoms with Crippen LogP contribution < -0.4 is 24.4 Å². The predicted molar refractivity (Wildman–Crippen MR) is 133 cm³/mol. The Morgan fingerprint density at radius 2 is 1.71 bits per heavy atom. The summed E-state index contributed by atoms with van der Waals surface area (Å²) >= 11 is 0. The van der Waals surface area contributed by atoms with Gasteiger partial charge in [0, 0.05) is 44.4 Å². The van der Waals surface area contributed by atoms with Crippen molar-refractivity contribution < 1.29 is 22.7 Å². The van der Waals surface area contributed by atoms with E-state index in [0.717, 1.165) is 32.4 Å². The third kappa shape index (κ3) is 7.92. The number of ether oxygens (including phenoxy) is 2. The second-order valence-corrected chi connectivity index (χ2v) is 9.90. The number of nitrogens with zero attached hydrogens (tertiary/aromatic N) is 1. The number of carbonyl (C=O) groups is 1. The lowest BCUT2D eigenvalue weighted by Gasteiger charge is -2.23. The van der Waals surface area contributed by atoms with Crippen molar-refractivity contribution in [2.24, 2.45) is 0 Å². The van der Waals surface area contributed by atoms with Crippen LogP contribution in [0.1, 0.15) is 39.0 Å². The van der Waals surface area contributed by atoms with Crippen LogP contribution in [0.15, 0.2) is 53.4 Å². The highest BCUT2D eigenvalue weighted by Gasteiger charge is 2.18. The van der Waals surface area contributed by atoms with Crippen LogP contribution in [-0.4, -0.2) is 53.7 Å². The number of benzene rings is 2. The van der Waals surface area contributed by atoms with Crippen molar-refractivity contribution in [2.45, 2.75) is 43.9 Å². The molecule has 0 bridgehead atoms. The summed E-state index contributed by atoms with van der Waals surface area (Å²) in [6.45, 7) is 5.79. The van der Waals surface area contributed by atoms with Crippen LogP contribution in [0.25, 0.3) is 0 Å². The molecule has 9 heteroatoms. The van der Waals surface area contributed by atoms with E-state index in [1.807, 2.05) is 18.2 Å². The molecule has 3 rings (SSSR count). The van der Waals surface area contributed by atoms with E-state index in [2.05, 4.69) is 34.0 Å². The van der Waals surface area contributed by atoms with Gasteiger partial charge < -0.3 is 19.7 Å². The molecule has 0 aromatic heterocycles. The molecule has 0 unspecified atom stereocenters. The standard InChI is InChI=1S/C25H35N3O5S/c1-2-28(21-10-5-3-6-11-21)17-9-15-26-25(29)12-7-4-8-16-27-34(30,31)22-13-14-23-24(20-22)33-19-18-32-23/h3,5-6,10-11,13-14,20,27H,2,4,7-9,12,15-19H2,1H3,(H,26,29). The van der Waals surface area contributed by atoms with Gasteiger partial charge in [-0.3, -0.25) is 4.79 Å². The molecule has 1 aliphatic heterocycles. The van der Waals surface area contributed by atoms with Crippen molar-refractivity contribution in [1.82, 2.24) is 10.0 Å². The highest BCUT2D eigenvalue weighted by molar-refractivity contribution is 7.89. The maximum Gasteiger partial charge on any atom is 0.240 e. The Kier molecular flexibility index (Phi) is 10.0. The highest BCUT2D eigenvalue weighted by atomic mass is 32.2. The predicted octanol–water partition coefficient (Wildman–Crippen LogP) is 3.33. The number of rotatable bonds is 14. The molecule has 0 saturated heterocycles. The van der Waals surface area contributed by atoms with Gasteiger partial charge in [-0.1, -0.05) is 24.6 Å². The molecule has 2 aromatic rings. The molecule has 0 spiro atoms. The zero-order chi connectivity index (χ0) is 24.2. The number of unbranched alkanes of at least 4 members (excludes halogenated alkanes) is 2. The molecule has 8 nitrogen and oxygen atoms in total. The summed E-state index contributed by atoms with van der Waals surface area (Å²) in [5.41, 5.74) is 1.20. The van der Waals surface area contributed by atoms with Crippen molar-refractivity contribution in [3.8, 4) is 11.5 Å². The second-order valence-electron chi connectivity index (χ2n) is 8.13. The fourth-order valence-electron chi connectivity index (χ4n) is 3.76. The Morgan fingerprint density at radius 3 is 2.47 bits per heavy atom. The fraction of sp³-hybridized carbons (Fsp3) is 0.480. The van der Waals surface area contributed by atoms with E-state index in [-0.39, 0.29) is 10.8 Å². The van der Waals surface area contributed by atoms with Gasteiger partial charge in [0.2, 0.25) is 15.9 Å². The van der Waals surface area contributed by atoms with E-state index in [9.17, 15) is 13.2 Å². The third-order valence-electron chi connectivity index (χ3n) is 5.63. The lowest BCUT2D eigenvalue weighted by atomic mass is 10.2. The maximum absolute atomic E-state index is 12.5. The van der Waals surface area contributed by atoms with Gasteiger partial charge in [0.15, 0.2) is 11.5 Å². The molecule has 34 heavy (non-hydrogen) atoms. The quantitative estimate of drug-likeness (QED) is 0.395. The molecule has 0 fully saturated rings. The molecule has 1 aliphatic rings. The van der Waals surface area contributed by atoms with Gasteiger partial charge >= 0.3 is 0 Å². The summed E-state index contributed by atoms with van der Waals surface area (Å²) in [6.07, 6.45) is 3.50. The van der Waals surface area contributed by atoms with Crippen LogP contribution in [0.3, 0.4) is 0 Å². The maximum atomic E-state index is 12.5. The van der Waals surface area contributed by atoms with Crippen LogP contribution in [0, 0.1) is 0 Å². The highest BCUT2D eigenvalue weighted by Crippen LogP contribution is 2.32. The number of para-hydroxylation sites is 1. The zero-order valence-electron chi connectivity index (χ0n) is 19.8. The minimum absolute atomic E-state index is 0.0413. The van der Waals surface area contributed by atoms with Gasteiger partial charge in [0.25, 0.3) is 0 Å².